The molecule has 0 aromatic heterocycles. The summed E-state index contributed by atoms with van der Waals surface area (Å²) in [5.74, 6) is 0. The van der Waals surface area contributed by atoms with Crippen molar-refractivity contribution < 1.29 is 17.4 Å². The Hall–Kier alpha value is 0.0869. The van der Waals surface area contributed by atoms with Gasteiger partial charge in [0, 0.05) is 6.61 Å². The van der Waals surface area contributed by atoms with Crippen molar-refractivity contribution in [3.8, 4) is 0 Å². The molecule has 0 aliphatic carbocycles. The van der Waals surface area contributed by atoms with Gasteiger partial charge < -0.3 is 4.43 Å². The van der Waals surface area contributed by atoms with E-state index in [1.165, 1.54) is 0 Å². The van der Waals surface area contributed by atoms with E-state index >= 15 is 0 Å². The molecule has 1 aliphatic rings. The second kappa shape index (κ2) is 3.66. The van der Waals surface area contributed by atoms with Crippen LogP contribution >= 0.6 is 0 Å². The van der Waals surface area contributed by atoms with Crippen molar-refractivity contribution in [2.75, 3.05) is 12.0 Å². The van der Waals surface area contributed by atoms with Crippen molar-refractivity contribution in [3.05, 3.63) is 0 Å². The summed E-state index contributed by atoms with van der Waals surface area (Å²) in [6.07, 6.45) is 2.07. The molecular weight excluding hydrogens is 184 g/mol. The fourth-order valence-corrected chi connectivity index (χ4v) is 5.52. The minimum atomic E-state index is -3.79. The molecule has 1 N–H and O–H groups in total. The van der Waals surface area contributed by atoms with Crippen molar-refractivity contribution in [1.82, 2.24) is 0 Å². The van der Waals surface area contributed by atoms with Gasteiger partial charge in [-0.15, -0.1) is 0 Å². The molecule has 6 heteroatoms. The minimum Gasteiger partial charge on any atom is -0.419 e. The molecule has 1 rings (SSSR count). The maximum atomic E-state index is 10.4. The molecule has 1 fully saturated rings. The van der Waals surface area contributed by atoms with Crippen LogP contribution in [0.4, 0.5) is 0 Å². The van der Waals surface area contributed by atoms with Crippen LogP contribution in [0.2, 0.25) is 6.04 Å². The van der Waals surface area contributed by atoms with Crippen LogP contribution in [-0.2, 0) is 14.5 Å². The quantitative estimate of drug-likeness (QED) is 0.497. The first-order valence-corrected chi connectivity index (χ1v) is 7.36. The van der Waals surface area contributed by atoms with E-state index in [2.05, 4.69) is 0 Å². The van der Waals surface area contributed by atoms with E-state index in [1.54, 1.807) is 0 Å². The molecule has 1 aliphatic heterocycles. The Morgan fingerprint density at radius 1 is 1.45 bits per heavy atom. The molecule has 0 aromatic carbocycles. The highest BCUT2D eigenvalue weighted by atomic mass is 32.2. The van der Waals surface area contributed by atoms with Crippen LogP contribution in [0.3, 0.4) is 0 Å². The average Bonchev–Trinajstić information content (AvgIpc) is 1.85. The topological polar surface area (TPSA) is 63.6 Å². The van der Waals surface area contributed by atoms with Gasteiger partial charge in [-0.1, -0.05) is 6.42 Å². The molecule has 1 unspecified atom stereocenters. The zero-order chi connectivity index (χ0) is 8.32. The maximum Gasteiger partial charge on any atom is 0.264 e. The first-order chi connectivity index (χ1) is 5.08. The summed E-state index contributed by atoms with van der Waals surface area (Å²) < 4.78 is 34.6. The molecule has 11 heavy (non-hydrogen) atoms. The Morgan fingerprint density at radius 2 is 2.18 bits per heavy atom. The van der Waals surface area contributed by atoms with Crippen molar-refractivity contribution in [1.29, 1.82) is 0 Å². The van der Waals surface area contributed by atoms with E-state index in [0.29, 0.717) is 6.61 Å². The third kappa shape index (κ3) is 3.85. The summed E-state index contributed by atoms with van der Waals surface area (Å²) in [5.41, 5.74) is 0. The van der Waals surface area contributed by atoms with Gasteiger partial charge in [0.2, 0.25) is 0 Å². The van der Waals surface area contributed by atoms with Crippen LogP contribution in [0.25, 0.3) is 0 Å². The standard InChI is InChI=1S/C5H12O4SSi/c6-10(7,8)5-11-4-2-1-3-9-11/h11H,1-5H2,(H,6,7,8). The van der Waals surface area contributed by atoms with E-state index in [4.69, 9.17) is 8.98 Å². The van der Waals surface area contributed by atoms with Gasteiger partial charge in [-0.3, -0.25) is 4.55 Å². The van der Waals surface area contributed by atoms with E-state index in [0.717, 1.165) is 18.9 Å². The molecular formula is C5H12O4SSi. The van der Waals surface area contributed by atoms with Gasteiger partial charge in [0.25, 0.3) is 10.1 Å². The highest BCUT2D eigenvalue weighted by Gasteiger charge is 2.21. The molecule has 1 atom stereocenters. The molecule has 4 nitrogen and oxygen atoms in total. The second-order valence-corrected chi connectivity index (χ2v) is 7.39. The van der Waals surface area contributed by atoms with Crippen molar-refractivity contribution in [2.45, 2.75) is 18.9 Å². The lowest BCUT2D eigenvalue weighted by Crippen LogP contribution is -2.31. The van der Waals surface area contributed by atoms with Gasteiger partial charge in [0.05, 0.1) is 5.38 Å². The largest absolute Gasteiger partial charge is 0.419 e. The van der Waals surface area contributed by atoms with Crippen LogP contribution in [-0.4, -0.2) is 34.0 Å². The Morgan fingerprint density at radius 3 is 2.64 bits per heavy atom. The Labute approximate surface area is 68.0 Å². The summed E-state index contributed by atoms with van der Waals surface area (Å²) in [6, 6.07) is 0.875. The smallest absolute Gasteiger partial charge is 0.264 e. The lowest BCUT2D eigenvalue weighted by Gasteiger charge is -2.19. The summed E-state index contributed by atoms with van der Waals surface area (Å²) in [7, 11) is -5.38. The van der Waals surface area contributed by atoms with Crippen LogP contribution in [0.15, 0.2) is 0 Å². The maximum absolute atomic E-state index is 10.4. The highest BCUT2D eigenvalue weighted by Crippen LogP contribution is 2.11. The van der Waals surface area contributed by atoms with E-state index in [1.807, 2.05) is 0 Å². The monoisotopic (exact) mass is 196 g/mol. The van der Waals surface area contributed by atoms with Crippen LogP contribution in [0, 0.1) is 0 Å². The van der Waals surface area contributed by atoms with Gasteiger partial charge in [-0.05, 0) is 12.5 Å². The number of hydrogen-bond acceptors (Lipinski definition) is 3. The van der Waals surface area contributed by atoms with Crippen LogP contribution < -0.4 is 0 Å². The minimum absolute atomic E-state index is 0.118. The Bertz CT molecular complexity index is 207. The van der Waals surface area contributed by atoms with E-state index in [9.17, 15) is 8.42 Å². The normalized spacial score (nSPS) is 26.8. The molecule has 0 spiro atoms. The zero-order valence-electron chi connectivity index (χ0n) is 6.19. The second-order valence-electron chi connectivity index (χ2n) is 2.74. The van der Waals surface area contributed by atoms with Gasteiger partial charge in [-0.2, -0.15) is 8.42 Å². The molecule has 0 saturated carbocycles. The number of hydrogen-bond donors (Lipinski definition) is 1. The third-order valence-corrected chi connectivity index (χ3v) is 6.60. The first-order valence-electron chi connectivity index (χ1n) is 3.65. The van der Waals surface area contributed by atoms with E-state index in [-0.39, 0.29) is 5.38 Å². The first kappa shape index (κ1) is 9.18. The molecule has 1 saturated heterocycles. The summed E-state index contributed by atoms with van der Waals surface area (Å²) in [6.45, 7) is 0.673. The lowest BCUT2D eigenvalue weighted by molar-refractivity contribution is 0.289. The third-order valence-electron chi connectivity index (χ3n) is 1.67. The van der Waals surface area contributed by atoms with Crippen LogP contribution in [0.5, 0.6) is 0 Å². The van der Waals surface area contributed by atoms with Gasteiger partial charge in [0.15, 0.2) is 9.04 Å². The lowest BCUT2D eigenvalue weighted by atomic mass is 10.4. The molecule has 66 valence electrons. The summed E-state index contributed by atoms with van der Waals surface area (Å²) >= 11 is 0. The van der Waals surface area contributed by atoms with Crippen molar-refractivity contribution in [2.24, 2.45) is 0 Å². The Kier molecular flexibility index (Phi) is 3.05. The fourth-order valence-electron chi connectivity index (χ4n) is 1.17. The molecule has 0 radical (unpaired) electrons. The van der Waals surface area contributed by atoms with Gasteiger partial charge in [0.1, 0.15) is 0 Å². The predicted octanol–water partition coefficient (Wildman–Crippen LogP) is -0.0524. The molecule has 1 heterocycles. The molecule has 0 aromatic rings. The fraction of sp³-hybridized carbons (Fsp3) is 1.00. The summed E-state index contributed by atoms with van der Waals surface area (Å²) in [5, 5.41) is -0.118. The SMILES string of the molecule is O=S(=O)(O)C[SiH]1CCCCO1. The molecule has 0 bridgehead atoms. The Balaban J connectivity index is 2.36. The van der Waals surface area contributed by atoms with Crippen molar-refractivity contribution >= 4 is 19.2 Å². The van der Waals surface area contributed by atoms with Crippen LogP contribution in [0.1, 0.15) is 12.8 Å². The highest BCUT2D eigenvalue weighted by molar-refractivity contribution is 7.87. The average molecular weight is 196 g/mol. The predicted molar refractivity (Wildman–Crippen MR) is 43.6 cm³/mol. The van der Waals surface area contributed by atoms with Crippen molar-refractivity contribution in [3.63, 3.8) is 0 Å². The molecule has 0 amide bonds. The van der Waals surface area contributed by atoms with Gasteiger partial charge in [-0.25, -0.2) is 0 Å². The van der Waals surface area contributed by atoms with Gasteiger partial charge >= 0.3 is 0 Å². The zero-order valence-corrected chi connectivity index (χ0v) is 8.16. The van der Waals surface area contributed by atoms with E-state index < -0.39 is 19.2 Å². The number of rotatable bonds is 2. The summed E-state index contributed by atoms with van der Waals surface area (Å²) in [4.78, 5) is 0.